The number of aromatic nitrogens is 5. The molecule has 2 aliphatic rings. The van der Waals surface area contributed by atoms with Gasteiger partial charge < -0.3 is 14.2 Å². The van der Waals surface area contributed by atoms with Crippen molar-refractivity contribution in [2.75, 3.05) is 11.5 Å². The molecule has 0 saturated carbocycles. The molecule has 2 aliphatic heterocycles. The van der Waals surface area contributed by atoms with Crippen LogP contribution in [0.2, 0.25) is 30.7 Å². The minimum atomic E-state index is -1.22. The molecule has 2 fully saturated rings. The van der Waals surface area contributed by atoms with Gasteiger partial charge in [0.05, 0.1) is 15.9 Å². The molecule has 6 rings (SSSR count). The zero-order valence-electron chi connectivity index (χ0n) is 23.7. The largest absolute Gasteiger partial charge is 0.361 e. The van der Waals surface area contributed by atoms with Gasteiger partial charge in [-0.1, -0.05) is 50.1 Å². The van der Waals surface area contributed by atoms with Gasteiger partial charge in [0.1, 0.15) is 6.73 Å². The molecule has 10 heteroatoms. The van der Waals surface area contributed by atoms with Crippen molar-refractivity contribution in [3.63, 3.8) is 0 Å². The van der Waals surface area contributed by atoms with Gasteiger partial charge in [0.2, 0.25) is 5.95 Å². The number of nitrogens with zero attached hydrogens (tertiary/aromatic N) is 6. The topological polar surface area (TPSA) is 70.1 Å². The molecule has 2 unspecified atom stereocenters. The third-order valence-corrected chi connectivity index (χ3v) is 10.6. The Morgan fingerprint density at radius 2 is 1.74 bits per heavy atom. The van der Waals surface area contributed by atoms with Crippen LogP contribution in [0.4, 0.5) is 5.95 Å². The maximum absolute atomic E-state index is 14.1. The van der Waals surface area contributed by atoms with E-state index in [9.17, 15) is 4.79 Å². The Balaban J connectivity index is 1.50. The summed E-state index contributed by atoms with van der Waals surface area (Å²) in [7, 11) is 2.53. The molecule has 0 N–H and O–H groups in total. The fraction of sp³-hybridized carbons (Fsp3) is 0.552. The smallest absolute Gasteiger partial charge is 0.264 e. The zero-order valence-corrected chi connectivity index (χ0v) is 25.5. The lowest BCUT2D eigenvalue weighted by atomic mass is 10.0. The molecular weight excluding hydrogens is 528 g/mol. The number of aryl methyl sites for hydroxylation is 1. The van der Waals surface area contributed by atoms with Gasteiger partial charge in [-0.05, 0) is 37.8 Å². The highest BCUT2D eigenvalue weighted by Gasteiger charge is 2.37. The SMILES string of the molecule is Cn1cc2c(Cl)c(-c3cn(COCC[Si](C)(C)C)c4nc(N5C6CCCCC5CC6)n(C)c(=O)c34)ccc2n1. The molecule has 0 spiro atoms. The number of hydrogen-bond donors (Lipinski definition) is 0. The zero-order chi connectivity index (χ0) is 27.5. The van der Waals surface area contributed by atoms with E-state index in [1.807, 2.05) is 43.2 Å². The van der Waals surface area contributed by atoms with Crippen LogP contribution in [0.1, 0.15) is 38.5 Å². The van der Waals surface area contributed by atoms with Crippen LogP contribution in [0, 0.1) is 0 Å². The van der Waals surface area contributed by atoms with E-state index in [1.165, 1.54) is 25.7 Å². The van der Waals surface area contributed by atoms with Crippen molar-refractivity contribution in [2.24, 2.45) is 14.1 Å². The molecule has 2 bridgehead atoms. The van der Waals surface area contributed by atoms with E-state index >= 15 is 0 Å². The normalized spacial score (nSPS) is 19.9. The van der Waals surface area contributed by atoms with E-state index in [0.717, 1.165) is 46.9 Å². The van der Waals surface area contributed by atoms with Gasteiger partial charge in [-0.15, -0.1) is 0 Å². The molecule has 0 aliphatic carbocycles. The molecule has 8 nitrogen and oxygen atoms in total. The Kier molecular flexibility index (Phi) is 6.88. The second-order valence-electron chi connectivity index (χ2n) is 12.6. The maximum atomic E-state index is 14.1. The highest BCUT2D eigenvalue weighted by Crippen LogP contribution is 2.40. The number of rotatable bonds is 7. The lowest BCUT2D eigenvalue weighted by Crippen LogP contribution is -2.39. The van der Waals surface area contributed by atoms with Crippen molar-refractivity contribution in [1.29, 1.82) is 0 Å². The average Bonchev–Trinajstić information content (AvgIpc) is 3.50. The van der Waals surface area contributed by atoms with Crippen molar-refractivity contribution in [3.05, 3.63) is 39.9 Å². The molecule has 1 aromatic carbocycles. The molecular formula is C29H39ClN6O2Si. The molecule has 2 atom stereocenters. The van der Waals surface area contributed by atoms with Crippen molar-refractivity contribution < 1.29 is 4.74 Å². The Morgan fingerprint density at radius 1 is 1.03 bits per heavy atom. The van der Waals surface area contributed by atoms with E-state index in [4.69, 9.17) is 21.3 Å². The van der Waals surface area contributed by atoms with Crippen molar-refractivity contribution in [2.45, 2.75) is 83.0 Å². The lowest BCUT2D eigenvalue weighted by Gasteiger charge is -2.30. The van der Waals surface area contributed by atoms with Gasteiger partial charge >= 0.3 is 0 Å². The molecule has 2 saturated heterocycles. The Morgan fingerprint density at radius 3 is 2.44 bits per heavy atom. The first-order valence-electron chi connectivity index (χ1n) is 14.2. The average molecular weight is 567 g/mol. The van der Waals surface area contributed by atoms with Crippen molar-refractivity contribution in [3.8, 4) is 11.1 Å². The first kappa shape index (κ1) is 26.6. The van der Waals surface area contributed by atoms with Crippen LogP contribution in [0.25, 0.3) is 33.1 Å². The molecule has 0 radical (unpaired) electrons. The number of ether oxygens (including phenoxy) is 1. The number of benzene rings is 1. The Bertz CT molecular complexity index is 1590. The standard InChI is InChI=1S/C29H39ClN6O2Si/c1-33-16-23-24(32-33)13-12-21(26(23)30)22-17-35(18-38-14-15-39(3,4)5)27-25(22)28(37)34(2)29(31-27)36-19-8-6-7-9-20(36)11-10-19/h12-13,16-17,19-20H,6-11,14-15,18H2,1-5H3. The maximum Gasteiger partial charge on any atom is 0.264 e. The monoisotopic (exact) mass is 566 g/mol. The summed E-state index contributed by atoms with van der Waals surface area (Å²) < 4.78 is 11.7. The number of halogens is 1. The van der Waals surface area contributed by atoms with Crippen LogP contribution in [0.3, 0.4) is 0 Å². The van der Waals surface area contributed by atoms with E-state index in [1.54, 1.807) is 9.25 Å². The number of fused-ring (bicyclic) bond motifs is 4. The summed E-state index contributed by atoms with van der Waals surface area (Å²) >= 11 is 6.96. The van der Waals surface area contributed by atoms with E-state index < -0.39 is 8.07 Å². The fourth-order valence-electron chi connectivity index (χ4n) is 6.38. The second-order valence-corrected chi connectivity index (χ2v) is 18.6. The molecule has 39 heavy (non-hydrogen) atoms. The first-order valence-corrected chi connectivity index (χ1v) is 18.3. The molecule has 3 aromatic heterocycles. The van der Waals surface area contributed by atoms with E-state index in [0.29, 0.717) is 41.5 Å². The third kappa shape index (κ3) is 4.82. The van der Waals surface area contributed by atoms with Crippen LogP contribution >= 0.6 is 11.6 Å². The van der Waals surface area contributed by atoms with Gasteiger partial charge in [0.25, 0.3) is 5.56 Å². The molecule has 0 amide bonds. The number of anilines is 1. The molecule has 5 heterocycles. The Labute approximate surface area is 235 Å². The summed E-state index contributed by atoms with van der Waals surface area (Å²) in [5.41, 5.74) is 3.05. The van der Waals surface area contributed by atoms with Crippen molar-refractivity contribution >= 4 is 47.6 Å². The fourth-order valence-corrected chi connectivity index (χ4v) is 7.45. The summed E-state index contributed by atoms with van der Waals surface area (Å²) in [6, 6.07) is 5.91. The summed E-state index contributed by atoms with van der Waals surface area (Å²) in [5, 5.41) is 6.54. The van der Waals surface area contributed by atoms with Gasteiger partial charge in [0, 0.05) is 69.8 Å². The summed E-state index contributed by atoms with van der Waals surface area (Å²) in [6.45, 7) is 8.09. The summed E-state index contributed by atoms with van der Waals surface area (Å²) in [6.07, 6.45) is 11.1. The lowest BCUT2D eigenvalue weighted by molar-refractivity contribution is 0.0899. The molecule has 208 valence electrons. The summed E-state index contributed by atoms with van der Waals surface area (Å²) in [5.74, 6) is 0.781. The van der Waals surface area contributed by atoms with Crippen LogP contribution in [-0.2, 0) is 25.6 Å². The Hall–Kier alpha value is -2.62. The van der Waals surface area contributed by atoms with Gasteiger partial charge in [0.15, 0.2) is 5.65 Å². The van der Waals surface area contributed by atoms with Crippen LogP contribution in [-0.4, -0.2) is 50.7 Å². The van der Waals surface area contributed by atoms with E-state index in [-0.39, 0.29) is 5.56 Å². The highest BCUT2D eigenvalue weighted by molar-refractivity contribution is 6.76. The first-order chi connectivity index (χ1) is 18.6. The minimum Gasteiger partial charge on any atom is -0.361 e. The molecule has 4 aromatic rings. The number of hydrogen-bond acceptors (Lipinski definition) is 5. The van der Waals surface area contributed by atoms with Crippen LogP contribution < -0.4 is 10.5 Å². The predicted octanol–water partition coefficient (Wildman–Crippen LogP) is 6.17. The predicted molar refractivity (Wildman–Crippen MR) is 162 cm³/mol. The van der Waals surface area contributed by atoms with Crippen LogP contribution in [0.5, 0.6) is 0 Å². The second kappa shape index (κ2) is 10.1. The quantitative estimate of drug-likeness (QED) is 0.198. The van der Waals surface area contributed by atoms with E-state index in [2.05, 4.69) is 29.6 Å². The van der Waals surface area contributed by atoms with Gasteiger partial charge in [-0.3, -0.25) is 14.0 Å². The third-order valence-electron chi connectivity index (χ3n) is 8.50. The minimum absolute atomic E-state index is 0.0446. The van der Waals surface area contributed by atoms with Gasteiger partial charge in [-0.25, -0.2) is 0 Å². The highest BCUT2D eigenvalue weighted by atomic mass is 35.5. The van der Waals surface area contributed by atoms with Gasteiger partial charge in [-0.2, -0.15) is 10.1 Å². The summed E-state index contributed by atoms with van der Waals surface area (Å²) in [4.78, 5) is 21.8. The van der Waals surface area contributed by atoms with Crippen molar-refractivity contribution in [1.82, 2.24) is 23.9 Å². The van der Waals surface area contributed by atoms with Crippen LogP contribution in [0.15, 0.2) is 29.3 Å².